The molecule has 0 aliphatic carbocycles. The minimum atomic E-state index is 0.845. The molecule has 0 aliphatic rings. The molecule has 0 atom stereocenters. The number of hydrogen-bond acceptors (Lipinski definition) is 3. The van der Waals surface area contributed by atoms with Crippen molar-refractivity contribution in [2.75, 3.05) is 11.9 Å². The van der Waals surface area contributed by atoms with Crippen molar-refractivity contribution >= 4 is 5.82 Å². The smallest absolute Gasteiger partial charge is 0.133 e. The van der Waals surface area contributed by atoms with Crippen molar-refractivity contribution in [2.24, 2.45) is 0 Å². The number of benzene rings is 1. The highest BCUT2D eigenvalue weighted by atomic mass is 15.0. The van der Waals surface area contributed by atoms with Crippen LogP contribution in [-0.4, -0.2) is 16.5 Å². The van der Waals surface area contributed by atoms with Gasteiger partial charge in [0.2, 0.25) is 0 Å². The van der Waals surface area contributed by atoms with Gasteiger partial charge in [0, 0.05) is 24.1 Å². The second kappa shape index (κ2) is 5.83. The van der Waals surface area contributed by atoms with Gasteiger partial charge in [-0.25, -0.2) is 9.97 Å². The quantitative estimate of drug-likeness (QED) is 0.904. The highest BCUT2D eigenvalue weighted by molar-refractivity contribution is 5.70. The van der Waals surface area contributed by atoms with Gasteiger partial charge in [-0.15, -0.1) is 0 Å². The van der Waals surface area contributed by atoms with Crippen molar-refractivity contribution in [3.8, 4) is 11.3 Å². The van der Waals surface area contributed by atoms with Crippen molar-refractivity contribution in [2.45, 2.75) is 34.1 Å². The molecule has 0 unspecified atom stereocenters. The van der Waals surface area contributed by atoms with Gasteiger partial charge < -0.3 is 5.32 Å². The monoisotopic (exact) mass is 255 g/mol. The third kappa shape index (κ3) is 2.75. The topological polar surface area (TPSA) is 37.8 Å². The Balaban J connectivity index is 2.62. The molecule has 0 aliphatic heterocycles. The summed E-state index contributed by atoms with van der Waals surface area (Å²) in [5, 5.41) is 3.33. The predicted octanol–water partition coefficient (Wildman–Crippen LogP) is 3.75. The molecule has 0 radical (unpaired) electrons. The van der Waals surface area contributed by atoms with E-state index in [9.17, 15) is 0 Å². The van der Waals surface area contributed by atoms with E-state index in [-0.39, 0.29) is 0 Å². The lowest BCUT2D eigenvalue weighted by Gasteiger charge is -2.14. The van der Waals surface area contributed by atoms with Gasteiger partial charge >= 0.3 is 0 Å². The molecule has 0 bridgehead atoms. The molecule has 0 fully saturated rings. The molecular weight excluding hydrogens is 234 g/mol. The van der Waals surface area contributed by atoms with Gasteiger partial charge in [0.1, 0.15) is 11.6 Å². The van der Waals surface area contributed by atoms with Crippen LogP contribution in [0.25, 0.3) is 11.3 Å². The molecule has 2 aromatic rings. The van der Waals surface area contributed by atoms with Crippen molar-refractivity contribution in [1.82, 2.24) is 9.97 Å². The summed E-state index contributed by atoms with van der Waals surface area (Å²) in [5.41, 5.74) is 4.60. The minimum absolute atomic E-state index is 0.845. The normalized spacial score (nSPS) is 10.5. The van der Waals surface area contributed by atoms with E-state index in [1.807, 2.05) is 0 Å². The summed E-state index contributed by atoms with van der Waals surface area (Å²) in [6, 6.07) is 8.36. The number of nitrogens with zero attached hydrogens (tertiary/aromatic N) is 2. The molecule has 19 heavy (non-hydrogen) atoms. The van der Waals surface area contributed by atoms with Crippen LogP contribution in [0.2, 0.25) is 0 Å². The van der Waals surface area contributed by atoms with E-state index in [4.69, 9.17) is 4.98 Å². The van der Waals surface area contributed by atoms with Crippen LogP contribution < -0.4 is 5.32 Å². The molecule has 1 aromatic carbocycles. The van der Waals surface area contributed by atoms with Crippen LogP contribution in [0.1, 0.15) is 30.8 Å². The summed E-state index contributed by atoms with van der Waals surface area (Å²) in [7, 11) is 0. The fraction of sp³-hybridized carbons (Fsp3) is 0.375. The summed E-state index contributed by atoms with van der Waals surface area (Å²) in [4.78, 5) is 9.29. The highest BCUT2D eigenvalue weighted by Crippen LogP contribution is 2.28. The Bertz CT molecular complexity index is 576. The molecule has 0 amide bonds. The first-order valence-electron chi connectivity index (χ1n) is 6.84. The van der Waals surface area contributed by atoms with Crippen LogP contribution in [0.15, 0.2) is 24.3 Å². The van der Waals surface area contributed by atoms with E-state index in [0.717, 1.165) is 35.9 Å². The standard InChI is InChI=1S/C16H21N3/c1-5-14-18-15(12(4)16(19-14)17-6-2)13-10-8-7-9-11(13)3/h7-10H,5-6H2,1-4H3,(H,17,18,19). The molecule has 3 nitrogen and oxygen atoms in total. The zero-order valence-electron chi connectivity index (χ0n) is 12.1. The van der Waals surface area contributed by atoms with E-state index in [1.165, 1.54) is 11.1 Å². The van der Waals surface area contributed by atoms with E-state index in [0.29, 0.717) is 0 Å². The number of rotatable bonds is 4. The summed E-state index contributed by atoms with van der Waals surface area (Å²) in [6.45, 7) is 9.24. The Hall–Kier alpha value is -1.90. The molecule has 0 saturated heterocycles. The van der Waals surface area contributed by atoms with Gasteiger partial charge in [-0.2, -0.15) is 0 Å². The Morgan fingerprint density at radius 2 is 1.79 bits per heavy atom. The lowest BCUT2D eigenvalue weighted by molar-refractivity contribution is 0.929. The molecule has 0 spiro atoms. The predicted molar refractivity (Wildman–Crippen MR) is 80.5 cm³/mol. The number of nitrogens with one attached hydrogen (secondary N) is 1. The summed E-state index contributed by atoms with van der Waals surface area (Å²) in [5.74, 6) is 1.84. The minimum Gasteiger partial charge on any atom is -0.370 e. The highest BCUT2D eigenvalue weighted by Gasteiger charge is 2.12. The van der Waals surface area contributed by atoms with Crippen LogP contribution in [0.5, 0.6) is 0 Å². The van der Waals surface area contributed by atoms with Gasteiger partial charge in [0.05, 0.1) is 5.69 Å². The van der Waals surface area contributed by atoms with E-state index < -0.39 is 0 Å². The van der Waals surface area contributed by atoms with Crippen molar-refractivity contribution in [1.29, 1.82) is 0 Å². The van der Waals surface area contributed by atoms with Crippen LogP contribution in [-0.2, 0) is 6.42 Å². The van der Waals surface area contributed by atoms with E-state index in [2.05, 4.69) is 62.3 Å². The Morgan fingerprint density at radius 1 is 1.05 bits per heavy atom. The second-order valence-electron chi connectivity index (χ2n) is 4.66. The average molecular weight is 255 g/mol. The Kier molecular flexibility index (Phi) is 4.15. The maximum absolute atomic E-state index is 4.71. The Labute approximate surface area is 115 Å². The van der Waals surface area contributed by atoms with Gasteiger partial charge in [-0.05, 0) is 26.3 Å². The molecule has 1 heterocycles. The number of hydrogen-bond donors (Lipinski definition) is 1. The fourth-order valence-electron chi connectivity index (χ4n) is 2.16. The van der Waals surface area contributed by atoms with Gasteiger partial charge in [0.15, 0.2) is 0 Å². The van der Waals surface area contributed by atoms with Crippen molar-refractivity contribution < 1.29 is 0 Å². The Morgan fingerprint density at radius 3 is 2.42 bits per heavy atom. The number of aromatic nitrogens is 2. The zero-order valence-corrected chi connectivity index (χ0v) is 12.1. The maximum Gasteiger partial charge on any atom is 0.133 e. The van der Waals surface area contributed by atoms with Gasteiger partial charge in [0.25, 0.3) is 0 Å². The summed E-state index contributed by atoms with van der Waals surface area (Å²) >= 11 is 0. The maximum atomic E-state index is 4.71. The van der Waals surface area contributed by atoms with Crippen LogP contribution in [0.4, 0.5) is 5.82 Å². The van der Waals surface area contributed by atoms with Crippen molar-refractivity contribution in [3.05, 3.63) is 41.2 Å². The third-order valence-corrected chi connectivity index (χ3v) is 3.25. The second-order valence-corrected chi connectivity index (χ2v) is 4.66. The first-order valence-corrected chi connectivity index (χ1v) is 6.84. The van der Waals surface area contributed by atoms with Crippen LogP contribution >= 0.6 is 0 Å². The third-order valence-electron chi connectivity index (χ3n) is 3.25. The largest absolute Gasteiger partial charge is 0.370 e. The first kappa shape index (κ1) is 13.5. The number of aryl methyl sites for hydroxylation is 2. The molecule has 0 saturated carbocycles. The molecule has 2 rings (SSSR count). The lowest BCUT2D eigenvalue weighted by Crippen LogP contribution is -2.07. The number of anilines is 1. The lowest BCUT2D eigenvalue weighted by atomic mass is 10.0. The first-order chi connectivity index (χ1) is 9.17. The van der Waals surface area contributed by atoms with E-state index >= 15 is 0 Å². The van der Waals surface area contributed by atoms with Gasteiger partial charge in [-0.1, -0.05) is 31.2 Å². The van der Waals surface area contributed by atoms with E-state index in [1.54, 1.807) is 0 Å². The molecule has 3 heteroatoms. The SMILES string of the molecule is CCNc1nc(CC)nc(-c2ccccc2C)c1C. The molecule has 1 aromatic heterocycles. The van der Waals surface area contributed by atoms with Crippen LogP contribution in [0.3, 0.4) is 0 Å². The average Bonchev–Trinajstić information content (AvgIpc) is 2.42. The summed E-state index contributed by atoms with van der Waals surface area (Å²) in [6.07, 6.45) is 0.845. The zero-order chi connectivity index (χ0) is 13.8. The fourth-order valence-corrected chi connectivity index (χ4v) is 2.16. The van der Waals surface area contributed by atoms with Gasteiger partial charge in [-0.3, -0.25) is 0 Å². The van der Waals surface area contributed by atoms with Crippen molar-refractivity contribution in [3.63, 3.8) is 0 Å². The molecule has 1 N–H and O–H groups in total. The molecular formula is C16H21N3. The summed E-state index contributed by atoms with van der Waals surface area (Å²) < 4.78 is 0. The molecule has 100 valence electrons. The van der Waals surface area contributed by atoms with Crippen LogP contribution in [0, 0.1) is 13.8 Å².